The number of rotatable bonds is 0. The minimum Gasteiger partial charge on any atom is -0.0616 e. The van der Waals surface area contributed by atoms with Crippen LogP contribution in [0, 0.1) is 6.92 Å². The predicted molar refractivity (Wildman–Crippen MR) is 93.6 cm³/mol. The second-order valence-corrected chi connectivity index (χ2v) is 6.89. The Balaban J connectivity index is 1.92. The summed E-state index contributed by atoms with van der Waals surface area (Å²) in [6.45, 7) is 2.31. The van der Waals surface area contributed by atoms with Crippen LogP contribution < -0.4 is 0 Å². The summed E-state index contributed by atoms with van der Waals surface area (Å²) < 4.78 is 0. The molecule has 0 radical (unpaired) electrons. The Morgan fingerprint density at radius 2 is 1.64 bits per heavy atom. The average molecular weight is 284 g/mol. The van der Waals surface area contributed by atoms with Crippen LogP contribution in [0.3, 0.4) is 0 Å². The van der Waals surface area contributed by atoms with E-state index in [2.05, 4.69) is 49.4 Å². The van der Waals surface area contributed by atoms with Crippen molar-refractivity contribution in [1.82, 2.24) is 0 Å². The zero-order valence-electron chi connectivity index (χ0n) is 13.1. The Labute approximate surface area is 131 Å². The van der Waals surface area contributed by atoms with E-state index in [4.69, 9.17) is 0 Å². The van der Waals surface area contributed by atoms with Gasteiger partial charge in [-0.05, 0) is 88.7 Å². The fourth-order valence-corrected chi connectivity index (χ4v) is 4.58. The number of hydrogen-bond acceptors (Lipinski definition) is 0. The molecule has 0 fully saturated rings. The van der Waals surface area contributed by atoms with Gasteiger partial charge < -0.3 is 0 Å². The molecule has 2 aliphatic rings. The van der Waals surface area contributed by atoms with Crippen molar-refractivity contribution in [2.45, 2.75) is 39.0 Å². The lowest BCUT2D eigenvalue weighted by Gasteiger charge is -2.22. The fourth-order valence-electron chi connectivity index (χ4n) is 4.58. The van der Waals surface area contributed by atoms with Gasteiger partial charge in [0.2, 0.25) is 0 Å². The highest BCUT2D eigenvalue weighted by Crippen LogP contribution is 2.46. The Bertz CT molecular complexity index is 915. The van der Waals surface area contributed by atoms with Gasteiger partial charge in [0.25, 0.3) is 0 Å². The lowest BCUT2D eigenvalue weighted by Crippen LogP contribution is -2.06. The molecule has 0 bridgehead atoms. The van der Waals surface area contributed by atoms with Crippen LogP contribution in [0.4, 0.5) is 0 Å². The summed E-state index contributed by atoms with van der Waals surface area (Å²) in [5.74, 6) is 0. The van der Waals surface area contributed by atoms with Crippen LogP contribution in [-0.2, 0) is 19.3 Å². The third-order valence-corrected chi connectivity index (χ3v) is 5.61. The van der Waals surface area contributed by atoms with Crippen LogP contribution in [-0.4, -0.2) is 0 Å². The van der Waals surface area contributed by atoms with E-state index < -0.39 is 0 Å². The second kappa shape index (κ2) is 4.46. The van der Waals surface area contributed by atoms with Gasteiger partial charge in [0.1, 0.15) is 0 Å². The molecule has 22 heavy (non-hydrogen) atoms. The molecule has 0 aliphatic heterocycles. The van der Waals surface area contributed by atoms with Crippen LogP contribution >= 0.6 is 0 Å². The summed E-state index contributed by atoms with van der Waals surface area (Å²) in [6.07, 6.45) is 6.36. The van der Waals surface area contributed by atoms with E-state index in [9.17, 15) is 0 Å². The summed E-state index contributed by atoms with van der Waals surface area (Å²) in [5, 5.41) is 2.82. The summed E-state index contributed by atoms with van der Waals surface area (Å²) in [4.78, 5) is 0. The molecule has 0 spiro atoms. The molecule has 3 aromatic carbocycles. The van der Waals surface area contributed by atoms with Crippen molar-refractivity contribution in [2.24, 2.45) is 0 Å². The highest BCUT2D eigenvalue weighted by atomic mass is 14.3. The standard InChI is InChI=1S/C22H20/c1-14-12-16-7-3-5-9-19(16)22-20(14)13-17-11-10-15-6-2-4-8-18(15)21(17)22/h2,4,6,8,10-12H,3,5,7,9,13H2,1H3. The van der Waals surface area contributed by atoms with Crippen LogP contribution in [0.2, 0.25) is 0 Å². The first-order valence-electron chi connectivity index (χ1n) is 8.48. The zero-order chi connectivity index (χ0) is 14.7. The van der Waals surface area contributed by atoms with Crippen molar-refractivity contribution in [1.29, 1.82) is 0 Å². The van der Waals surface area contributed by atoms with E-state index in [1.54, 1.807) is 22.3 Å². The van der Waals surface area contributed by atoms with Crippen molar-refractivity contribution >= 4 is 10.8 Å². The van der Waals surface area contributed by atoms with Crippen LogP contribution in [0.15, 0.2) is 42.5 Å². The van der Waals surface area contributed by atoms with Crippen molar-refractivity contribution in [3.63, 3.8) is 0 Å². The summed E-state index contributed by atoms with van der Waals surface area (Å²) in [5.41, 5.74) is 11.0. The normalized spacial score (nSPS) is 15.5. The minimum atomic E-state index is 1.12. The van der Waals surface area contributed by atoms with Crippen molar-refractivity contribution in [2.75, 3.05) is 0 Å². The van der Waals surface area contributed by atoms with Gasteiger partial charge in [-0.1, -0.05) is 42.5 Å². The van der Waals surface area contributed by atoms with Gasteiger partial charge in [0.05, 0.1) is 0 Å². The van der Waals surface area contributed by atoms with Gasteiger partial charge in [-0.3, -0.25) is 0 Å². The summed E-state index contributed by atoms with van der Waals surface area (Å²) >= 11 is 0. The topological polar surface area (TPSA) is 0 Å². The molecular weight excluding hydrogens is 264 g/mol. The quantitative estimate of drug-likeness (QED) is 0.394. The molecule has 0 heteroatoms. The maximum atomic E-state index is 2.47. The van der Waals surface area contributed by atoms with Gasteiger partial charge in [0, 0.05) is 0 Å². The smallest absolute Gasteiger partial charge is 0.00105 e. The largest absolute Gasteiger partial charge is 0.0616 e. The lowest BCUT2D eigenvalue weighted by atomic mass is 9.83. The Kier molecular flexibility index (Phi) is 2.52. The van der Waals surface area contributed by atoms with E-state index in [1.165, 1.54) is 53.1 Å². The van der Waals surface area contributed by atoms with Gasteiger partial charge in [-0.15, -0.1) is 0 Å². The first kappa shape index (κ1) is 12.5. The third kappa shape index (κ3) is 1.58. The minimum absolute atomic E-state index is 1.12. The van der Waals surface area contributed by atoms with Crippen molar-refractivity contribution in [3.8, 4) is 11.1 Å². The number of fused-ring (bicyclic) bond motifs is 7. The first-order chi connectivity index (χ1) is 10.8. The van der Waals surface area contributed by atoms with Crippen LogP contribution in [0.1, 0.15) is 40.7 Å². The SMILES string of the molecule is Cc1cc2c(c3c1Cc1ccc4ccccc4c1-3)CCCC2. The maximum Gasteiger partial charge on any atom is -0.00105 e. The molecule has 0 saturated heterocycles. The van der Waals surface area contributed by atoms with Gasteiger partial charge in [-0.2, -0.15) is 0 Å². The maximum absolute atomic E-state index is 2.47. The van der Waals surface area contributed by atoms with E-state index >= 15 is 0 Å². The number of aryl methyl sites for hydroxylation is 2. The monoisotopic (exact) mass is 284 g/mol. The Hall–Kier alpha value is -2.08. The molecule has 0 aromatic heterocycles. The second-order valence-electron chi connectivity index (χ2n) is 6.89. The summed E-state index contributed by atoms with van der Waals surface area (Å²) in [7, 11) is 0. The molecule has 0 atom stereocenters. The molecule has 0 unspecified atom stereocenters. The highest BCUT2D eigenvalue weighted by molar-refractivity contribution is 6.02. The van der Waals surface area contributed by atoms with Gasteiger partial charge in [-0.25, -0.2) is 0 Å². The predicted octanol–water partition coefficient (Wildman–Crippen LogP) is 5.60. The lowest BCUT2D eigenvalue weighted by molar-refractivity contribution is 0.686. The molecule has 0 nitrogen and oxygen atoms in total. The molecule has 2 aliphatic carbocycles. The molecule has 0 saturated carbocycles. The number of hydrogen-bond donors (Lipinski definition) is 0. The third-order valence-electron chi connectivity index (χ3n) is 5.61. The van der Waals surface area contributed by atoms with Crippen molar-refractivity contribution < 1.29 is 0 Å². The van der Waals surface area contributed by atoms with E-state index in [-0.39, 0.29) is 0 Å². The molecule has 5 rings (SSSR count). The van der Waals surface area contributed by atoms with Crippen LogP contribution in [0.5, 0.6) is 0 Å². The van der Waals surface area contributed by atoms with E-state index in [0.29, 0.717) is 0 Å². The van der Waals surface area contributed by atoms with Gasteiger partial charge >= 0.3 is 0 Å². The summed E-state index contributed by atoms with van der Waals surface area (Å²) in [6, 6.07) is 16.0. The van der Waals surface area contributed by atoms with E-state index in [0.717, 1.165) is 6.42 Å². The van der Waals surface area contributed by atoms with Crippen LogP contribution in [0.25, 0.3) is 21.9 Å². The molecule has 0 amide bonds. The Morgan fingerprint density at radius 1 is 0.773 bits per heavy atom. The molecule has 0 heterocycles. The van der Waals surface area contributed by atoms with Crippen molar-refractivity contribution in [3.05, 3.63) is 70.3 Å². The van der Waals surface area contributed by atoms with Gasteiger partial charge in [0.15, 0.2) is 0 Å². The fraction of sp³-hybridized carbons (Fsp3) is 0.273. The Morgan fingerprint density at radius 3 is 2.59 bits per heavy atom. The molecule has 3 aromatic rings. The zero-order valence-corrected chi connectivity index (χ0v) is 13.1. The van der Waals surface area contributed by atoms with E-state index in [1.807, 2.05) is 0 Å². The molecule has 0 N–H and O–H groups in total. The number of benzene rings is 3. The average Bonchev–Trinajstić information content (AvgIpc) is 2.96. The molecular formula is C22H20. The molecule has 108 valence electrons. The first-order valence-corrected chi connectivity index (χ1v) is 8.48. The highest BCUT2D eigenvalue weighted by Gasteiger charge is 2.27.